The van der Waals surface area contributed by atoms with E-state index in [0.29, 0.717) is 0 Å². The summed E-state index contributed by atoms with van der Waals surface area (Å²) in [5.74, 6) is -1.45. The van der Waals surface area contributed by atoms with Gasteiger partial charge in [-0.1, -0.05) is 6.08 Å². The molecule has 1 aliphatic rings. The summed E-state index contributed by atoms with van der Waals surface area (Å²) in [5.41, 5.74) is -0.848. The molecule has 0 bridgehead atoms. The molecule has 0 aliphatic carbocycles. The maximum Gasteiger partial charge on any atom is 0.284 e. The molecule has 9 heteroatoms. The van der Waals surface area contributed by atoms with Crippen molar-refractivity contribution in [3.63, 3.8) is 0 Å². The van der Waals surface area contributed by atoms with Crippen molar-refractivity contribution in [2.45, 2.75) is 6.92 Å². The van der Waals surface area contributed by atoms with E-state index >= 15 is 0 Å². The predicted molar refractivity (Wildman–Crippen MR) is 77.3 cm³/mol. The van der Waals surface area contributed by atoms with E-state index in [4.69, 9.17) is 0 Å². The number of amidine groups is 1. The molecule has 0 unspecified atom stereocenters. The first-order valence-electron chi connectivity index (χ1n) is 5.73. The van der Waals surface area contributed by atoms with Crippen molar-refractivity contribution in [3.8, 4) is 5.88 Å². The molecule has 1 aliphatic heterocycles. The highest BCUT2D eigenvalue weighted by Crippen LogP contribution is 2.10. The Kier molecular flexibility index (Phi) is 3.94. The lowest BCUT2D eigenvalue weighted by Gasteiger charge is -2.10. The van der Waals surface area contributed by atoms with Crippen LogP contribution in [0.25, 0.3) is 6.08 Å². The maximum absolute atomic E-state index is 11.6. The predicted octanol–water partition coefficient (Wildman–Crippen LogP) is 0.152. The highest BCUT2D eigenvalue weighted by atomic mass is 32.1. The van der Waals surface area contributed by atoms with Crippen LogP contribution in [0.4, 0.5) is 0 Å². The van der Waals surface area contributed by atoms with Gasteiger partial charge < -0.3 is 15.4 Å². The summed E-state index contributed by atoms with van der Waals surface area (Å²) in [6.07, 6.45) is 3.72. The third-order valence-corrected chi connectivity index (χ3v) is 2.73. The second-order valence-corrected chi connectivity index (χ2v) is 4.47. The minimum Gasteiger partial charge on any atom is -0.494 e. The Morgan fingerprint density at radius 3 is 2.57 bits per heavy atom. The second kappa shape index (κ2) is 5.67. The standard InChI is InChI=1S/C12H10N4O4S/c1-5-13-8(17)6(9(18)14-5)3-2-4-7-10(19)15-12(21)16-11(7)20/h2-4H,1H3,(H,13,14,17,18)(H3,15,16,19,20,21)/b4-2+. The van der Waals surface area contributed by atoms with Crippen LogP contribution in [0.5, 0.6) is 5.88 Å². The number of aliphatic imine (C=N–C) groups is 1. The van der Waals surface area contributed by atoms with Crippen LogP contribution >= 0.6 is 12.2 Å². The van der Waals surface area contributed by atoms with Gasteiger partial charge in [0.1, 0.15) is 11.4 Å². The van der Waals surface area contributed by atoms with Crippen LogP contribution in [-0.4, -0.2) is 32.7 Å². The largest absolute Gasteiger partial charge is 0.494 e. The highest BCUT2D eigenvalue weighted by molar-refractivity contribution is 7.71. The first-order chi connectivity index (χ1) is 9.88. The number of carbonyl (C=O) groups is 2. The summed E-state index contributed by atoms with van der Waals surface area (Å²) in [6.45, 7) is 1.49. The lowest BCUT2D eigenvalue weighted by molar-refractivity contribution is -0.122. The summed E-state index contributed by atoms with van der Waals surface area (Å²) in [5, 5.41) is 12.0. The molecule has 8 nitrogen and oxygen atoms in total. The first kappa shape index (κ1) is 14.6. The van der Waals surface area contributed by atoms with Crippen molar-refractivity contribution in [2.75, 3.05) is 0 Å². The van der Waals surface area contributed by atoms with E-state index in [-0.39, 0.29) is 21.7 Å². The van der Waals surface area contributed by atoms with E-state index in [2.05, 4.69) is 32.5 Å². The van der Waals surface area contributed by atoms with Crippen LogP contribution < -0.4 is 10.9 Å². The third kappa shape index (κ3) is 3.20. The maximum atomic E-state index is 11.6. The van der Waals surface area contributed by atoms with E-state index in [1.165, 1.54) is 25.2 Å². The second-order valence-electron chi connectivity index (χ2n) is 4.07. The van der Waals surface area contributed by atoms with Crippen molar-refractivity contribution in [1.29, 1.82) is 0 Å². The van der Waals surface area contributed by atoms with Crippen molar-refractivity contribution in [2.24, 2.45) is 4.99 Å². The molecule has 0 atom stereocenters. The van der Waals surface area contributed by atoms with Gasteiger partial charge in [-0.05, 0) is 31.3 Å². The molecule has 0 aromatic carbocycles. The highest BCUT2D eigenvalue weighted by Gasteiger charge is 2.22. The number of hydrogen-bond acceptors (Lipinski definition) is 5. The quantitative estimate of drug-likeness (QED) is 0.351. The minimum atomic E-state index is -0.675. The lowest BCUT2D eigenvalue weighted by atomic mass is 10.1. The summed E-state index contributed by atoms with van der Waals surface area (Å²) < 4.78 is -0.0142. The monoisotopic (exact) mass is 306 g/mol. The average molecular weight is 306 g/mol. The van der Waals surface area contributed by atoms with Gasteiger partial charge in [0, 0.05) is 0 Å². The number of aromatic hydroxyl groups is 1. The smallest absolute Gasteiger partial charge is 0.284 e. The van der Waals surface area contributed by atoms with Crippen LogP contribution in [-0.2, 0) is 9.59 Å². The van der Waals surface area contributed by atoms with Gasteiger partial charge in [0.25, 0.3) is 17.4 Å². The van der Waals surface area contributed by atoms with E-state index in [0.717, 1.165) is 0 Å². The Morgan fingerprint density at radius 2 is 1.95 bits per heavy atom. The van der Waals surface area contributed by atoms with Crippen LogP contribution in [0.2, 0.25) is 0 Å². The van der Waals surface area contributed by atoms with Gasteiger partial charge in [-0.25, -0.2) is 0 Å². The van der Waals surface area contributed by atoms with Crippen LogP contribution in [0.3, 0.4) is 0 Å². The van der Waals surface area contributed by atoms with Gasteiger partial charge in [-0.3, -0.25) is 19.4 Å². The first-order valence-corrected chi connectivity index (χ1v) is 6.14. The van der Waals surface area contributed by atoms with Gasteiger partial charge in [0.05, 0.1) is 5.56 Å². The molecule has 0 radical (unpaired) electrons. The third-order valence-electron chi connectivity index (χ3n) is 2.52. The number of allylic oxidation sites excluding steroid dienone is 2. The zero-order valence-corrected chi connectivity index (χ0v) is 11.6. The lowest BCUT2D eigenvalue weighted by Crippen LogP contribution is -2.37. The number of hydrogen-bond donors (Lipinski definition) is 4. The Hall–Kier alpha value is -2.81. The van der Waals surface area contributed by atoms with Gasteiger partial charge in [-0.15, -0.1) is 0 Å². The van der Waals surface area contributed by atoms with Gasteiger partial charge in [-0.2, -0.15) is 4.99 Å². The SMILES string of the molecule is CC1=NC(=O)/C(=C/C=C/c2c(O)[nH]c(=S)[nH]c2=O)C(=O)N1. The molecule has 108 valence electrons. The number of amides is 2. The zero-order valence-electron chi connectivity index (χ0n) is 10.8. The Bertz CT molecular complexity index is 828. The molecular formula is C12H10N4O4S. The van der Waals surface area contributed by atoms with E-state index in [1.807, 2.05) is 0 Å². The van der Waals surface area contributed by atoms with Crippen molar-refractivity contribution >= 4 is 35.9 Å². The molecule has 0 saturated carbocycles. The fourth-order valence-corrected chi connectivity index (χ4v) is 1.78. The topological polar surface area (TPSA) is 127 Å². The minimum absolute atomic E-state index is 0.0142. The molecule has 2 heterocycles. The molecule has 2 amide bonds. The van der Waals surface area contributed by atoms with E-state index in [1.54, 1.807) is 0 Å². The summed E-state index contributed by atoms with van der Waals surface area (Å²) in [4.78, 5) is 43.0. The van der Waals surface area contributed by atoms with Crippen LogP contribution in [0.15, 0.2) is 27.5 Å². The molecule has 4 N–H and O–H groups in total. The molecule has 1 aromatic heterocycles. The molecule has 0 saturated heterocycles. The number of aromatic nitrogens is 2. The number of H-pyrrole nitrogens is 2. The Morgan fingerprint density at radius 1 is 1.24 bits per heavy atom. The zero-order chi connectivity index (χ0) is 15.6. The van der Waals surface area contributed by atoms with E-state index in [9.17, 15) is 19.5 Å². The average Bonchev–Trinajstić information content (AvgIpc) is 2.34. The number of nitrogens with zero attached hydrogens (tertiary/aromatic N) is 1. The fraction of sp³-hybridized carbons (Fsp3) is 0.0833. The number of carbonyl (C=O) groups excluding carboxylic acids is 2. The normalized spacial score (nSPS) is 17.2. The van der Waals surface area contributed by atoms with Gasteiger partial charge in [0.15, 0.2) is 4.77 Å². The van der Waals surface area contributed by atoms with Gasteiger partial charge >= 0.3 is 0 Å². The van der Waals surface area contributed by atoms with Crippen LogP contribution in [0, 0.1) is 4.77 Å². The van der Waals surface area contributed by atoms with Crippen molar-refractivity contribution in [3.05, 3.63) is 38.4 Å². The molecule has 21 heavy (non-hydrogen) atoms. The molecule has 0 fully saturated rings. The number of nitrogens with one attached hydrogen (secondary N) is 3. The van der Waals surface area contributed by atoms with Gasteiger partial charge in [0.2, 0.25) is 5.88 Å². The molecule has 2 rings (SSSR count). The van der Waals surface area contributed by atoms with Crippen LogP contribution in [0.1, 0.15) is 12.5 Å². The summed E-state index contributed by atoms with van der Waals surface area (Å²) in [7, 11) is 0. The molecular weight excluding hydrogens is 296 g/mol. The molecule has 1 aromatic rings. The molecule has 0 spiro atoms. The van der Waals surface area contributed by atoms with Crippen molar-refractivity contribution in [1.82, 2.24) is 15.3 Å². The number of rotatable bonds is 2. The Balaban J connectivity index is 2.34. The Labute approximate surface area is 122 Å². The van der Waals surface area contributed by atoms with E-state index < -0.39 is 23.3 Å². The fourth-order valence-electron chi connectivity index (χ4n) is 1.60. The van der Waals surface area contributed by atoms with Crippen molar-refractivity contribution < 1.29 is 14.7 Å². The summed E-state index contributed by atoms with van der Waals surface area (Å²) in [6, 6.07) is 0. The number of aromatic amines is 2. The summed E-state index contributed by atoms with van der Waals surface area (Å²) >= 11 is 4.68.